The van der Waals surface area contributed by atoms with E-state index in [0.717, 1.165) is 12.1 Å². The van der Waals surface area contributed by atoms with Crippen molar-refractivity contribution in [2.45, 2.75) is 26.8 Å². The Balaban J connectivity index is 2.61. The molecule has 0 aliphatic heterocycles. The quantitative estimate of drug-likeness (QED) is 0.727. The summed E-state index contributed by atoms with van der Waals surface area (Å²) in [5, 5.41) is 3.93. The van der Waals surface area contributed by atoms with Crippen LogP contribution in [0, 0.1) is 5.92 Å². The first-order valence-electron chi connectivity index (χ1n) is 6.32. The fourth-order valence-corrected chi connectivity index (χ4v) is 1.83. The largest absolute Gasteiger partial charge is 0.492 e. The van der Waals surface area contributed by atoms with E-state index >= 15 is 0 Å². The predicted molar refractivity (Wildman–Crippen MR) is 74.1 cm³/mol. The summed E-state index contributed by atoms with van der Waals surface area (Å²) in [6, 6.07) is 5.67. The van der Waals surface area contributed by atoms with Gasteiger partial charge in [0.1, 0.15) is 5.75 Å². The first kappa shape index (κ1) is 15.3. The van der Waals surface area contributed by atoms with Gasteiger partial charge in [0.25, 0.3) is 0 Å². The number of rotatable bonds is 8. The number of nitrogens with one attached hydrogen (secondary N) is 1. The van der Waals surface area contributed by atoms with Crippen molar-refractivity contribution in [3.63, 3.8) is 0 Å². The molecule has 102 valence electrons. The predicted octanol–water partition coefficient (Wildman–Crippen LogP) is 3.82. The number of hydrogen-bond donors (Lipinski definition) is 1. The van der Waals surface area contributed by atoms with Crippen LogP contribution >= 0.6 is 11.6 Å². The van der Waals surface area contributed by atoms with E-state index in [1.165, 1.54) is 0 Å². The SMILES string of the molecule is CC(C)CNCc1cccc(Cl)c1OCCCF. The highest BCUT2D eigenvalue weighted by Gasteiger charge is 2.08. The Bertz CT molecular complexity index is 358. The van der Waals surface area contributed by atoms with Crippen LogP contribution in [0.4, 0.5) is 4.39 Å². The molecule has 0 radical (unpaired) electrons. The van der Waals surface area contributed by atoms with Gasteiger partial charge in [-0.05, 0) is 18.5 Å². The standard InChI is InChI=1S/C14H21ClFNO/c1-11(2)9-17-10-12-5-3-6-13(15)14(12)18-8-4-7-16/h3,5-6,11,17H,4,7-10H2,1-2H3. The zero-order valence-electron chi connectivity index (χ0n) is 11.0. The summed E-state index contributed by atoms with van der Waals surface area (Å²) in [5.41, 5.74) is 1.02. The topological polar surface area (TPSA) is 21.3 Å². The van der Waals surface area contributed by atoms with Gasteiger partial charge in [-0.25, -0.2) is 0 Å². The number of alkyl halides is 1. The van der Waals surface area contributed by atoms with Gasteiger partial charge in [-0.3, -0.25) is 4.39 Å². The normalized spacial score (nSPS) is 10.9. The van der Waals surface area contributed by atoms with E-state index in [1.54, 1.807) is 6.07 Å². The molecule has 0 saturated carbocycles. The molecule has 0 saturated heterocycles. The minimum Gasteiger partial charge on any atom is -0.492 e. The summed E-state index contributed by atoms with van der Waals surface area (Å²) in [5.74, 6) is 1.27. The lowest BCUT2D eigenvalue weighted by molar-refractivity contribution is 0.286. The Morgan fingerprint density at radius 1 is 1.39 bits per heavy atom. The van der Waals surface area contributed by atoms with Gasteiger partial charge >= 0.3 is 0 Å². The molecule has 0 aliphatic carbocycles. The molecule has 0 amide bonds. The molecule has 0 fully saturated rings. The van der Waals surface area contributed by atoms with Gasteiger partial charge in [0.05, 0.1) is 18.3 Å². The highest BCUT2D eigenvalue weighted by molar-refractivity contribution is 6.32. The van der Waals surface area contributed by atoms with Gasteiger partial charge in [-0.2, -0.15) is 0 Å². The molecular formula is C14H21ClFNO. The Kier molecular flexibility index (Phi) is 7.06. The maximum atomic E-state index is 12.1. The van der Waals surface area contributed by atoms with Gasteiger partial charge in [0.2, 0.25) is 0 Å². The van der Waals surface area contributed by atoms with Crippen LogP contribution in [0.2, 0.25) is 5.02 Å². The molecule has 2 nitrogen and oxygen atoms in total. The summed E-state index contributed by atoms with van der Waals surface area (Å²) >= 11 is 6.10. The molecule has 4 heteroatoms. The maximum absolute atomic E-state index is 12.1. The lowest BCUT2D eigenvalue weighted by atomic mass is 10.2. The zero-order chi connectivity index (χ0) is 13.4. The first-order valence-corrected chi connectivity index (χ1v) is 6.69. The van der Waals surface area contributed by atoms with E-state index in [1.807, 2.05) is 12.1 Å². The molecular weight excluding hydrogens is 253 g/mol. The van der Waals surface area contributed by atoms with Gasteiger partial charge in [-0.1, -0.05) is 37.6 Å². The van der Waals surface area contributed by atoms with E-state index in [-0.39, 0.29) is 6.67 Å². The van der Waals surface area contributed by atoms with Crippen LogP contribution in [0.15, 0.2) is 18.2 Å². The highest BCUT2D eigenvalue weighted by Crippen LogP contribution is 2.28. The van der Waals surface area contributed by atoms with Crippen molar-refractivity contribution in [3.8, 4) is 5.75 Å². The smallest absolute Gasteiger partial charge is 0.142 e. The molecule has 1 aromatic rings. The molecule has 1 aromatic carbocycles. The third-order valence-electron chi connectivity index (χ3n) is 2.44. The molecule has 18 heavy (non-hydrogen) atoms. The van der Waals surface area contributed by atoms with E-state index < -0.39 is 0 Å². The summed E-state index contributed by atoms with van der Waals surface area (Å²) in [6.07, 6.45) is 0.393. The molecule has 0 heterocycles. The van der Waals surface area contributed by atoms with Crippen LogP contribution in [0.1, 0.15) is 25.8 Å². The zero-order valence-corrected chi connectivity index (χ0v) is 11.8. The van der Waals surface area contributed by atoms with E-state index in [2.05, 4.69) is 19.2 Å². The van der Waals surface area contributed by atoms with Crippen molar-refractivity contribution in [1.29, 1.82) is 0 Å². The van der Waals surface area contributed by atoms with Gasteiger partial charge < -0.3 is 10.1 Å². The molecule has 1 N–H and O–H groups in total. The van der Waals surface area contributed by atoms with Gasteiger partial charge in [0, 0.05) is 18.5 Å². The van der Waals surface area contributed by atoms with Crippen LogP contribution in [0.25, 0.3) is 0 Å². The second kappa shape index (κ2) is 8.33. The van der Waals surface area contributed by atoms with Crippen LogP contribution in [-0.4, -0.2) is 19.8 Å². The Morgan fingerprint density at radius 2 is 2.17 bits per heavy atom. The van der Waals surface area contributed by atoms with Gasteiger partial charge in [0.15, 0.2) is 0 Å². The number of halogens is 2. The summed E-state index contributed by atoms with van der Waals surface area (Å²) in [6.45, 7) is 5.95. The lowest BCUT2D eigenvalue weighted by Gasteiger charge is -2.14. The fourth-order valence-electron chi connectivity index (χ4n) is 1.58. The number of para-hydroxylation sites is 1. The summed E-state index contributed by atoms with van der Waals surface area (Å²) < 4.78 is 17.6. The highest BCUT2D eigenvalue weighted by atomic mass is 35.5. The van der Waals surface area contributed by atoms with Crippen LogP contribution in [-0.2, 0) is 6.54 Å². The minimum absolute atomic E-state index is 0.359. The third kappa shape index (κ3) is 5.23. The van der Waals surface area contributed by atoms with Crippen LogP contribution in [0.5, 0.6) is 5.75 Å². The number of benzene rings is 1. The van der Waals surface area contributed by atoms with E-state index in [9.17, 15) is 4.39 Å². The Hall–Kier alpha value is -0.800. The van der Waals surface area contributed by atoms with Crippen molar-refractivity contribution >= 4 is 11.6 Å². The lowest BCUT2D eigenvalue weighted by Crippen LogP contribution is -2.19. The second-order valence-corrected chi connectivity index (χ2v) is 5.05. The monoisotopic (exact) mass is 273 g/mol. The van der Waals surface area contributed by atoms with E-state index in [0.29, 0.717) is 36.3 Å². The number of ether oxygens (including phenoxy) is 1. The van der Waals surface area contributed by atoms with E-state index in [4.69, 9.17) is 16.3 Å². The molecule has 0 aliphatic rings. The van der Waals surface area contributed by atoms with Crippen molar-refractivity contribution in [2.75, 3.05) is 19.8 Å². The molecule has 0 atom stereocenters. The van der Waals surface area contributed by atoms with Crippen molar-refractivity contribution in [2.24, 2.45) is 5.92 Å². The van der Waals surface area contributed by atoms with Crippen LogP contribution < -0.4 is 10.1 Å². The molecule has 0 bridgehead atoms. The van der Waals surface area contributed by atoms with Crippen molar-refractivity contribution < 1.29 is 9.13 Å². The Labute approximate surface area is 113 Å². The fraction of sp³-hybridized carbons (Fsp3) is 0.571. The Morgan fingerprint density at radius 3 is 2.83 bits per heavy atom. The number of hydrogen-bond acceptors (Lipinski definition) is 2. The summed E-state index contributed by atoms with van der Waals surface area (Å²) in [4.78, 5) is 0. The second-order valence-electron chi connectivity index (χ2n) is 4.64. The van der Waals surface area contributed by atoms with Crippen molar-refractivity contribution in [1.82, 2.24) is 5.32 Å². The summed E-state index contributed by atoms with van der Waals surface area (Å²) in [7, 11) is 0. The van der Waals surface area contributed by atoms with Crippen molar-refractivity contribution in [3.05, 3.63) is 28.8 Å². The first-order chi connectivity index (χ1) is 8.65. The molecule has 0 aromatic heterocycles. The van der Waals surface area contributed by atoms with Crippen LogP contribution in [0.3, 0.4) is 0 Å². The minimum atomic E-state index is -0.370. The third-order valence-corrected chi connectivity index (χ3v) is 2.74. The average Bonchev–Trinajstić information content (AvgIpc) is 2.32. The molecule has 1 rings (SSSR count). The van der Waals surface area contributed by atoms with Gasteiger partial charge in [-0.15, -0.1) is 0 Å². The molecule has 0 unspecified atom stereocenters. The molecule has 0 spiro atoms. The average molecular weight is 274 g/mol. The maximum Gasteiger partial charge on any atom is 0.142 e.